The average molecular weight is 471 g/mol. The lowest BCUT2D eigenvalue weighted by molar-refractivity contribution is -0.231. The first kappa shape index (κ1) is 23.7. The first-order valence-electron chi connectivity index (χ1n) is 12.3. The van der Waals surface area contributed by atoms with Crippen LogP contribution in [0.3, 0.4) is 0 Å². The third kappa shape index (κ3) is 5.15. The van der Waals surface area contributed by atoms with E-state index in [2.05, 4.69) is 18.2 Å². The van der Waals surface area contributed by atoms with Crippen molar-refractivity contribution < 1.29 is 34.6 Å². The maximum atomic E-state index is 10.6. The standard InChI is InChI=1S/C27H34O7/c28-15-23-24(29)25(30)26(31)27(34-23)18-5-8-22(17-3-4-17)19(14-18)13-16-1-6-20(7-2-16)33-21-9-11-32-12-10-21/h1-2,5-8,14,17,21,23-31H,3-4,9-13,15H2/t23-,24-,25?,26-,27+/m1/s1. The molecular formula is C27H34O7. The molecule has 1 saturated carbocycles. The first-order chi connectivity index (χ1) is 16.5. The van der Waals surface area contributed by atoms with Crippen LogP contribution in [0.1, 0.15) is 60.0 Å². The zero-order chi connectivity index (χ0) is 23.7. The van der Waals surface area contributed by atoms with E-state index in [4.69, 9.17) is 14.2 Å². The van der Waals surface area contributed by atoms with Crippen molar-refractivity contribution in [2.75, 3.05) is 19.8 Å². The van der Waals surface area contributed by atoms with Crippen LogP contribution in [0.2, 0.25) is 0 Å². The van der Waals surface area contributed by atoms with E-state index in [0.29, 0.717) is 5.92 Å². The summed E-state index contributed by atoms with van der Waals surface area (Å²) in [7, 11) is 0. The zero-order valence-electron chi connectivity index (χ0n) is 19.3. The van der Waals surface area contributed by atoms with Crippen molar-refractivity contribution in [3.05, 3.63) is 64.7 Å². The van der Waals surface area contributed by atoms with Crippen LogP contribution in [0, 0.1) is 0 Å². The summed E-state index contributed by atoms with van der Waals surface area (Å²) in [4.78, 5) is 0. The van der Waals surface area contributed by atoms with Gasteiger partial charge in [-0.15, -0.1) is 0 Å². The van der Waals surface area contributed by atoms with Gasteiger partial charge in [0.1, 0.15) is 42.4 Å². The summed E-state index contributed by atoms with van der Waals surface area (Å²) in [5.41, 5.74) is 4.36. The largest absolute Gasteiger partial charge is 0.490 e. The summed E-state index contributed by atoms with van der Waals surface area (Å²) in [5, 5.41) is 40.4. The van der Waals surface area contributed by atoms with E-state index < -0.39 is 37.1 Å². The van der Waals surface area contributed by atoms with E-state index >= 15 is 0 Å². The number of benzene rings is 2. The normalized spacial score (nSPS) is 30.3. The van der Waals surface area contributed by atoms with Crippen LogP contribution in [-0.2, 0) is 15.9 Å². The van der Waals surface area contributed by atoms with Crippen LogP contribution in [0.4, 0.5) is 0 Å². The molecule has 2 aromatic rings. The quantitative estimate of drug-likeness (QED) is 0.491. The van der Waals surface area contributed by atoms with Crippen molar-refractivity contribution in [1.29, 1.82) is 0 Å². The van der Waals surface area contributed by atoms with Gasteiger partial charge in [-0.1, -0.05) is 30.3 Å². The molecule has 2 heterocycles. The van der Waals surface area contributed by atoms with Crippen molar-refractivity contribution in [3.8, 4) is 5.75 Å². The molecule has 0 bridgehead atoms. The SMILES string of the molecule is OC[C@H]1O[C@@H](c2ccc(C3CC3)c(Cc3ccc(OC4CCOCC4)cc3)c2)[C@H](O)C(O)[C@@H]1O. The fraction of sp³-hybridized carbons (Fsp3) is 0.556. The molecular weight excluding hydrogens is 436 g/mol. The summed E-state index contributed by atoms with van der Waals surface area (Å²) >= 11 is 0. The number of aliphatic hydroxyl groups is 4. The number of aliphatic hydroxyl groups excluding tert-OH is 4. The summed E-state index contributed by atoms with van der Waals surface area (Å²) in [6, 6.07) is 14.3. The fourth-order valence-corrected chi connectivity index (χ4v) is 5.02. The van der Waals surface area contributed by atoms with Gasteiger partial charge in [0.2, 0.25) is 0 Å². The zero-order valence-corrected chi connectivity index (χ0v) is 19.3. The lowest BCUT2D eigenvalue weighted by Crippen LogP contribution is -2.55. The van der Waals surface area contributed by atoms with E-state index in [1.807, 2.05) is 24.3 Å². The monoisotopic (exact) mass is 470 g/mol. The van der Waals surface area contributed by atoms with Gasteiger partial charge in [0.15, 0.2) is 0 Å². The van der Waals surface area contributed by atoms with Crippen molar-refractivity contribution >= 4 is 0 Å². The minimum absolute atomic E-state index is 0.205. The van der Waals surface area contributed by atoms with Crippen LogP contribution < -0.4 is 4.74 Å². The molecule has 184 valence electrons. The van der Waals surface area contributed by atoms with Gasteiger partial charge in [0.05, 0.1) is 19.8 Å². The van der Waals surface area contributed by atoms with Crippen molar-refractivity contribution in [2.45, 2.75) is 74.6 Å². The molecule has 7 nitrogen and oxygen atoms in total. The van der Waals surface area contributed by atoms with E-state index in [-0.39, 0.29) is 6.10 Å². The lowest BCUT2D eigenvalue weighted by Gasteiger charge is -2.40. The number of hydrogen-bond donors (Lipinski definition) is 4. The Morgan fingerprint density at radius 2 is 1.59 bits per heavy atom. The molecule has 5 atom stereocenters. The minimum Gasteiger partial charge on any atom is -0.490 e. The summed E-state index contributed by atoms with van der Waals surface area (Å²) in [6.07, 6.45) is -0.655. The van der Waals surface area contributed by atoms with Gasteiger partial charge in [-0.05, 0) is 59.6 Å². The molecule has 34 heavy (non-hydrogen) atoms. The fourth-order valence-electron chi connectivity index (χ4n) is 5.02. The van der Waals surface area contributed by atoms with Gasteiger partial charge in [0, 0.05) is 12.8 Å². The van der Waals surface area contributed by atoms with Crippen LogP contribution in [0.15, 0.2) is 42.5 Å². The Kier molecular flexibility index (Phi) is 7.20. The third-order valence-electron chi connectivity index (χ3n) is 7.19. The maximum absolute atomic E-state index is 10.6. The first-order valence-corrected chi connectivity index (χ1v) is 12.3. The summed E-state index contributed by atoms with van der Waals surface area (Å²) < 4.78 is 17.3. The highest BCUT2D eigenvalue weighted by atomic mass is 16.5. The second kappa shape index (κ2) is 10.3. The topological polar surface area (TPSA) is 109 Å². The molecule has 0 amide bonds. The minimum atomic E-state index is -1.38. The van der Waals surface area contributed by atoms with Gasteiger partial charge in [-0.25, -0.2) is 0 Å². The lowest BCUT2D eigenvalue weighted by atomic mass is 9.88. The Balaban J connectivity index is 1.34. The second-order valence-electron chi connectivity index (χ2n) is 9.73. The van der Waals surface area contributed by atoms with E-state index in [0.717, 1.165) is 54.9 Å². The molecule has 3 aliphatic rings. The molecule has 2 saturated heterocycles. The van der Waals surface area contributed by atoms with E-state index in [1.165, 1.54) is 18.4 Å². The Labute approximate surface area is 199 Å². The smallest absolute Gasteiger partial charge is 0.119 e. The van der Waals surface area contributed by atoms with Crippen LogP contribution in [-0.4, -0.2) is 70.8 Å². The Morgan fingerprint density at radius 3 is 2.26 bits per heavy atom. The van der Waals surface area contributed by atoms with Gasteiger partial charge >= 0.3 is 0 Å². The van der Waals surface area contributed by atoms with E-state index in [1.54, 1.807) is 0 Å². The molecule has 2 aliphatic heterocycles. The second-order valence-corrected chi connectivity index (χ2v) is 9.73. The molecule has 0 aromatic heterocycles. The third-order valence-corrected chi connectivity index (χ3v) is 7.19. The van der Waals surface area contributed by atoms with Crippen molar-refractivity contribution in [1.82, 2.24) is 0 Å². The van der Waals surface area contributed by atoms with Crippen LogP contribution in [0.5, 0.6) is 5.75 Å². The number of ether oxygens (including phenoxy) is 3. The Hall–Kier alpha value is -2.00. The van der Waals surface area contributed by atoms with Crippen LogP contribution in [0.25, 0.3) is 0 Å². The molecule has 5 rings (SSSR count). The van der Waals surface area contributed by atoms with Crippen molar-refractivity contribution in [2.24, 2.45) is 0 Å². The van der Waals surface area contributed by atoms with Gasteiger partial charge in [-0.3, -0.25) is 0 Å². The highest BCUT2D eigenvalue weighted by Crippen LogP contribution is 2.43. The average Bonchev–Trinajstić information content (AvgIpc) is 3.70. The van der Waals surface area contributed by atoms with E-state index in [9.17, 15) is 20.4 Å². The van der Waals surface area contributed by atoms with Crippen LogP contribution >= 0.6 is 0 Å². The highest BCUT2D eigenvalue weighted by Gasteiger charge is 2.44. The van der Waals surface area contributed by atoms with Gasteiger partial charge in [0.25, 0.3) is 0 Å². The Bertz CT molecular complexity index is 950. The number of rotatable bonds is 7. The van der Waals surface area contributed by atoms with Crippen molar-refractivity contribution in [3.63, 3.8) is 0 Å². The predicted octanol–water partition coefficient (Wildman–Crippen LogP) is 2.23. The molecule has 4 N–H and O–H groups in total. The molecule has 2 aromatic carbocycles. The number of hydrogen-bond acceptors (Lipinski definition) is 7. The van der Waals surface area contributed by atoms with Gasteiger partial charge < -0.3 is 34.6 Å². The maximum Gasteiger partial charge on any atom is 0.119 e. The molecule has 0 spiro atoms. The molecule has 1 aliphatic carbocycles. The molecule has 7 heteroatoms. The summed E-state index contributed by atoms with van der Waals surface area (Å²) in [6.45, 7) is 1.06. The van der Waals surface area contributed by atoms with Gasteiger partial charge in [-0.2, -0.15) is 0 Å². The molecule has 1 unspecified atom stereocenters. The molecule has 3 fully saturated rings. The summed E-state index contributed by atoms with van der Waals surface area (Å²) in [5.74, 6) is 1.42. The Morgan fingerprint density at radius 1 is 0.853 bits per heavy atom. The molecule has 0 radical (unpaired) electrons. The predicted molar refractivity (Wildman–Crippen MR) is 125 cm³/mol. The highest BCUT2D eigenvalue weighted by molar-refractivity contribution is 5.42.